The molecule has 3 nitrogen and oxygen atoms in total. The van der Waals surface area contributed by atoms with E-state index in [2.05, 4.69) is 145 Å². The van der Waals surface area contributed by atoms with Crippen molar-refractivity contribution >= 4 is 10.8 Å². The Kier molecular flexibility index (Phi) is 11.2. The van der Waals surface area contributed by atoms with Crippen molar-refractivity contribution in [3.63, 3.8) is 0 Å². The normalized spacial score (nSPS) is 10.7. The Hall–Kier alpha value is -5.41. The summed E-state index contributed by atoms with van der Waals surface area (Å²) in [5.74, 6) is 0.678. The molecule has 4 heteroatoms. The van der Waals surface area contributed by atoms with Gasteiger partial charge in [0.15, 0.2) is 0 Å². The van der Waals surface area contributed by atoms with Crippen LogP contribution in [0.4, 0.5) is 0 Å². The first-order chi connectivity index (χ1) is 24.1. The summed E-state index contributed by atoms with van der Waals surface area (Å²) in [4.78, 5) is 4.63. The molecule has 50 heavy (non-hydrogen) atoms. The van der Waals surface area contributed by atoms with Crippen molar-refractivity contribution in [1.29, 1.82) is 0 Å². The number of rotatable bonds is 7. The molecular weight excluding hydrogens is 787 g/mol. The maximum Gasteiger partial charge on any atom is 0.0571 e. The first kappa shape index (κ1) is 34.5. The van der Waals surface area contributed by atoms with Crippen LogP contribution in [0.2, 0.25) is 0 Å². The van der Waals surface area contributed by atoms with Crippen molar-refractivity contribution in [1.82, 2.24) is 14.8 Å². The van der Waals surface area contributed by atoms with Crippen molar-refractivity contribution in [2.24, 2.45) is 5.92 Å². The Balaban J connectivity index is 0.000000171. The summed E-state index contributed by atoms with van der Waals surface area (Å²) >= 11 is 0. The van der Waals surface area contributed by atoms with Gasteiger partial charge in [-0.15, -0.1) is 41.5 Å². The van der Waals surface area contributed by atoms with Crippen LogP contribution in [0.25, 0.3) is 61.1 Å². The van der Waals surface area contributed by atoms with Crippen LogP contribution in [0.1, 0.15) is 19.4 Å². The van der Waals surface area contributed by atoms with E-state index in [1.54, 1.807) is 0 Å². The third kappa shape index (κ3) is 8.41. The number of para-hydroxylation sites is 1. The third-order valence-electron chi connectivity index (χ3n) is 8.49. The molecule has 0 amide bonds. The van der Waals surface area contributed by atoms with Gasteiger partial charge in [-0.2, -0.15) is 29.4 Å². The van der Waals surface area contributed by atoms with E-state index in [-0.39, 0.29) is 20.1 Å². The van der Waals surface area contributed by atoms with Crippen LogP contribution in [0.5, 0.6) is 0 Å². The number of hydrogen-bond acceptors (Lipinski definition) is 2. The molecule has 0 spiro atoms. The van der Waals surface area contributed by atoms with E-state index in [9.17, 15) is 0 Å². The van der Waals surface area contributed by atoms with Gasteiger partial charge in [-0.05, 0) is 62.3 Å². The van der Waals surface area contributed by atoms with E-state index in [0.717, 1.165) is 39.9 Å². The number of benzene rings is 6. The molecule has 8 aromatic rings. The summed E-state index contributed by atoms with van der Waals surface area (Å²) in [7, 11) is 0. The second kappa shape index (κ2) is 16.3. The van der Waals surface area contributed by atoms with Crippen molar-refractivity contribution < 1.29 is 20.1 Å². The van der Waals surface area contributed by atoms with Crippen molar-refractivity contribution in [3.05, 3.63) is 188 Å². The average molecular weight is 824 g/mol. The zero-order valence-corrected chi connectivity index (χ0v) is 30.5. The Morgan fingerprint density at radius 2 is 1.20 bits per heavy atom. The van der Waals surface area contributed by atoms with E-state index in [1.807, 2.05) is 65.7 Å². The monoisotopic (exact) mass is 824 g/mol. The van der Waals surface area contributed by atoms with Crippen LogP contribution in [0, 0.1) is 18.1 Å². The fraction of sp³-hybridized carbons (Fsp3) is 0.0870. The molecule has 2 aromatic heterocycles. The van der Waals surface area contributed by atoms with Crippen LogP contribution in [0.15, 0.2) is 170 Å². The van der Waals surface area contributed by atoms with Gasteiger partial charge in [0.25, 0.3) is 0 Å². The Morgan fingerprint density at radius 3 is 1.92 bits per heavy atom. The number of nitrogens with zero attached hydrogens (tertiary/aromatic N) is 3. The maximum absolute atomic E-state index is 4.63. The molecule has 1 radical (unpaired) electrons. The summed E-state index contributed by atoms with van der Waals surface area (Å²) in [6.07, 6.45) is 6.97. The van der Waals surface area contributed by atoms with Crippen LogP contribution in [-0.4, -0.2) is 14.8 Å². The molecule has 0 bridgehead atoms. The van der Waals surface area contributed by atoms with Gasteiger partial charge in [0.1, 0.15) is 0 Å². The molecule has 0 aliphatic rings. The van der Waals surface area contributed by atoms with Crippen molar-refractivity contribution in [2.45, 2.75) is 20.3 Å². The molecule has 0 aliphatic carbocycles. The van der Waals surface area contributed by atoms with Gasteiger partial charge in [0, 0.05) is 38.1 Å². The molecule has 0 aliphatic heterocycles. The molecule has 0 N–H and O–H groups in total. The molecule has 0 atom stereocenters. The molecule has 6 aromatic carbocycles. The molecule has 0 fully saturated rings. The minimum Gasteiger partial charge on any atom is -0.304 e. The smallest absolute Gasteiger partial charge is 0.0571 e. The summed E-state index contributed by atoms with van der Waals surface area (Å²) in [6, 6.07) is 58.9. The van der Waals surface area contributed by atoms with Crippen LogP contribution < -0.4 is 0 Å². The zero-order chi connectivity index (χ0) is 33.4. The number of fused-ring (bicyclic) bond motifs is 1. The third-order valence-corrected chi connectivity index (χ3v) is 8.49. The molecular formula is C46H37IrN3-2. The Labute approximate surface area is 308 Å². The fourth-order valence-electron chi connectivity index (χ4n) is 5.95. The predicted octanol–water partition coefficient (Wildman–Crippen LogP) is 11.6. The van der Waals surface area contributed by atoms with E-state index in [1.165, 1.54) is 33.2 Å². The summed E-state index contributed by atoms with van der Waals surface area (Å²) in [5.41, 5.74) is 11.5. The summed E-state index contributed by atoms with van der Waals surface area (Å²) in [5, 5.41) is 6.79. The van der Waals surface area contributed by atoms with Crippen molar-refractivity contribution in [3.8, 4) is 50.3 Å². The van der Waals surface area contributed by atoms with Crippen LogP contribution in [0.3, 0.4) is 0 Å². The van der Waals surface area contributed by atoms with Crippen molar-refractivity contribution in [2.75, 3.05) is 0 Å². The summed E-state index contributed by atoms with van der Waals surface area (Å²) in [6.45, 7) is 4.51. The van der Waals surface area contributed by atoms with Crippen LogP contribution in [-0.2, 0) is 26.5 Å². The summed E-state index contributed by atoms with van der Waals surface area (Å²) < 4.78 is 1.85. The van der Waals surface area contributed by atoms with Gasteiger partial charge >= 0.3 is 0 Å². The second-order valence-corrected chi connectivity index (χ2v) is 12.6. The minimum atomic E-state index is 0. The molecule has 0 saturated heterocycles. The molecule has 0 unspecified atom stereocenters. The van der Waals surface area contributed by atoms with Gasteiger partial charge < -0.3 is 4.98 Å². The van der Waals surface area contributed by atoms with E-state index in [0.29, 0.717) is 5.92 Å². The molecule has 247 valence electrons. The first-order valence-corrected chi connectivity index (χ1v) is 16.7. The SMILES string of the molecule is CC(C)Cc1ccc(-c2cc[c-]c(-c3cc4ccccc4cn3)c2)cc1.[Ir].[c-]1ccccc1-n1cc(-c2ccc(-c3ccccc3)cc2)cn1. The zero-order valence-electron chi connectivity index (χ0n) is 28.1. The number of hydrogen-bond donors (Lipinski definition) is 0. The average Bonchev–Trinajstić information content (AvgIpc) is 3.67. The van der Waals surface area contributed by atoms with Gasteiger partial charge in [-0.3, -0.25) is 4.68 Å². The first-order valence-electron chi connectivity index (χ1n) is 16.7. The standard InChI is InChI=1S/C25H22N.C21H15N2.Ir/c1-18(2)14-19-10-12-20(13-11-19)21-8-5-9-23(15-21)25-16-22-6-3-4-7-24(22)17-26-25;1-3-7-17(8-4-1)18-11-13-19(14-12-18)20-15-22-23(16-20)21-9-5-2-6-10-21;/h3-8,10-13,15-18H,14H2,1-2H3;1-9,11-16H;/q2*-1;. The minimum absolute atomic E-state index is 0. The van der Waals surface area contributed by atoms with E-state index in [4.69, 9.17) is 0 Å². The van der Waals surface area contributed by atoms with Gasteiger partial charge in [0.2, 0.25) is 0 Å². The Morgan fingerprint density at radius 1 is 0.560 bits per heavy atom. The Bertz CT molecular complexity index is 2260. The van der Waals surface area contributed by atoms with Crippen LogP contribution >= 0.6 is 0 Å². The molecule has 0 saturated carbocycles. The van der Waals surface area contributed by atoms with Gasteiger partial charge in [-0.1, -0.05) is 123 Å². The number of aromatic nitrogens is 3. The quantitative estimate of drug-likeness (QED) is 0.150. The molecule has 2 heterocycles. The van der Waals surface area contributed by atoms with E-state index >= 15 is 0 Å². The van der Waals surface area contributed by atoms with E-state index < -0.39 is 0 Å². The van der Waals surface area contributed by atoms with Gasteiger partial charge in [0.05, 0.1) is 6.20 Å². The number of pyridine rings is 1. The molecule has 8 rings (SSSR count). The van der Waals surface area contributed by atoms with Gasteiger partial charge in [-0.25, -0.2) is 0 Å². The predicted molar refractivity (Wildman–Crippen MR) is 203 cm³/mol. The fourth-order valence-corrected chi connectivity index (χ4v) is 5.95. The topological polar surface area (TPSA) is 30.7 Å². The maximum atomic E-state index is 4.63. The largest absolute Gasteiger partial charge is 0.304 e. The second-order valence-electron chi connectivity index (χ2n) is 12.6.